The fourth-order valence-electron chi connectivity index (χ4n) is 4.36. The van der Waals surface area contributed by atoms with Gasteiger partial charge in [0.05, 0.1) is 23.7 Å². The Morgan fingerprint density at radius 1 is 1.13 bits per heavy atom. The number of benzene rings is 2. The van der Waals surface area contributed by atoms with E-state index in [0.29, 0.717) is 11.1 Å². The molecule has 0 aliphatic carbocycles. The number of carbonyl (C=O) groups excluding carboxylic acids is 1. The van der Waals surface area contributed by atoms with Crippen LogP contribution in [0.1, 0.15) is 34.6 Å². The first kappa shape index (κ1) is 20.3. The highest BCUT2D eigenvalue weighted by molar-refractivity contribution is 6.17. The van der Waals surface area contributed by atoms with Gasteiger partial charge in [0.2, 0.25) is 0 Å². The molecule has 0 bridgehead atoms. The highest BCUT2D eigenvalue weighted by Gasteiger charge is 2.24. The van der Waals surface area contributed by atoms with E-state index in [9.17, 15) is 14.9 Å². The Labute approximate surface area is 175 Å². The molecule has 1 aromatic heterocycles. The van der Waals surface area contributed by atoms with Gasteiger partial charge >= 0.3 is 0 Å². The van der Waals surface area contributed by atoms with Crippen molar-refractivity contribution < 1.29 is 14.5 Å². The van der Waals surface area contributed by atoms with Gasteiger partial charge < -0.3 is 9.30 Å². The Morgan fingerprint density at radius 2 is 1.80 bits per heavy atom. The smallest absolute Gasteiger partial charge is 0.269 e. The van der Waals surface area contributed by atoms with E-state index in [1.165, 1.54) is 24.3 Å². The zero-order chi connectivity index (χ0) is 21.3. The molecule has 0 radical (unpaired) electrons. The Morgan fingerprint density at radius 3 is 2.47 bits per heavy atom. The maximum Gasteiger partial charge on any atom is 0.269 e. The van der Waals surface area contributed by atoms with E-state index in [4.69, 9.17) is 4.74 Å². The third-order valence-electron chi connectivity index (χ3n) is 5.79. The fourth-order valence-corrected chi connectivity index (χ4v) is 4.36. The summed E-state index contributed by atoms with van der Waals surface area (Å²) in [5.41, 5.74) is 3.03. The van der Waals surface area contributed by atoms with E-state index in [2.05, 4.69) is 16.4 Å². The number of fused-ring (bicyclic) bond motifs is 1. The first-order chi connectivity index (χ1) is 14.5. The predicted molar refractivity (Wildman–Crippen MR) is 115 cm³/mol. The third kappa shape index (κ3) is 3.74. The van der Waals surface area contributed by atoms with Crippen LogP contribution in [0.4, 0.5) is 5.69 Å². The van der Waals surface area contributed by atoms with Gasteiger partial charge in [-0.05, 0) is 32.0 Å². The summed E-state index contributed by atoms with van der Waals surface area (Å²) < 4.78 is 7.69. The van der Waals surface area contributed by atoms with Gasteiger partial charge in [0.15, 0.2) is 5.78 Å². The minimum atomic E-state index is -0.460. The van der Waals surface area contributed by atoms with E-state index in [0.717, 1.165) is 49.4 Å². The summed E-state index contributed by atoms with van der Waals surface area (Å²) in [6.45, 7) is 8.37. The normalized spacial score (nSPS) is 15.9. The average Bonchev–Trinajstić information content (AvgIpc) is 3.05. The van der Waals surface area contributed by atoms with Gasteiger partial charge in [0.25, 0.3) is 5.69 Å². The molecule has 0 saturated carbocycles. The van der Waals surface area contributed by atoms with Gasteiger partial charge in [-0.3, -0.25) is 19.8 Å². The van der Waals surface area contributed by atoms with Crippen LogP contribution in [-0.4, -0.2) is 53.0 Å². The number of hydrogen-bond acceptors (Lipinski definition) is 5. The Bertz CT molecular complexity index is 1080. The van der Waals surface area contributed by atoms with Gasteiger partial charge in [0.1, 0.15) is 0 Å². The molecule has 2 heterocycles. The molecule has 1 unspecified atom stereocenters. The number of ketones is 1. The minimum absolute atomic E-state index is 0.0233. The van der Waals surface area contributed by atoms with Crippen LogP contribution in [-0.2, 0) is 4.74 Å². The quantitative estimate of drug-likeness (QED) is 0.351. The van der Waals surface area contributed by atoms with Gasteiger partial charge in [-0.2, -0.15) is 0 Å². The Hall–Kier alpha value is -3.03. The number of morpholine rings is 1. The van der Waals surface area contributed by atoms with Crippen molar-refractivity contribution in [1.82, 2.24) is 9.47 Å². The van der Waals surface area contributed by atoms with Crippen LogP contribution in [0.15, 0.2) is 48.5 Å². The number of nitrogens with zero attached hydrogens (tertiary/aromatic N) is 3. The number of non-ortho nitro benzene ring substituents is 1. The first-order valence-electron chi connectivity index (χ1n) is 10.2. The number of ether oxygens (including phenoxy) is 1. The van der Waals surface area contributed by atoms with Crippen LogP contribution >= 0.6 is 0 Å². The molecule has 2 aromatic carbocycles. The van der Waals surface area contributed by atoms with Crippen molar-refractivity contribution >= 4 is 22.4 Å². The van der Waals surface area contributed by atoms with E-state index >= 15 is 0 Å². The summed E-state index contributed by atoms with van der Waals surface area (Å²) in [6.07, 6.45) is 0. The molecule has 7 heteroatoms. The minimum Gasteiger partial charge on any atom is -0.379 e. The highest BCUT2D eigenvalue weighted by atomic mass is 16.6. The summed E-state index contributed by atoms with van der Waals surface area (Å²) >= 11 is 0. The van der Waals surface area contributed by atoms with Crippen molar-refractivity contribution in [1.29, 1.82) is 0 Å². The lowest BCUT2D eigenvalue weighted by molar-refractivity contribution is -0.384. The van der Waals surface area contributed by atoms with E-state index in [-0.39, 0.29) is 17.5 Å². The van der Waals surface area contributed by atoms with Gasteiger partial charge in [-0.15, -0.1) is 0 Å². The fraction of sp³-hybridized carbons (Fsp3) is 0.348. The third-order valence-corrected chi connectivity index (χ3v) is 5.79. The largest absolute Gasteiger partial charge is 0.379 e. The van der Waals surface area contributed by atoms with Gasteiger partial charge in [0, 0.05) is 60.0 Å². The van der Waals surface area contributed by atoms with Crippen molar-refractivity contribution in [3.63, 3.8) is 0 Å². The van der Waals surface area contributed by atoms with E-state index in [1.54, 1.807) is 0 Å². The topological polar surface area (TPSA) is 77.6 Å². The monoisotopic (exact) mass is 407 g/mol. The SMILES string of the molecule is Cc1c(C(=O)c2ccc([N+](=O)[O-])cc2)c2ccccc2n1C(C)CN1CCOCC1. The van der Waals surface area contributed by atoms with Crippen LogP contribution in [0.3, 0.4) is 0 Å². The van der Waals surface area contributed by atoms with Gasteiger partial charge in [-0.25, -0.2) is 0 Å². The molecule has 3 aromatic rings. The molecule has 1 aliphatic heterocycles. The first-order valence-corrected chi connectivity index (χ1v) is 10.2. The van der Waals surface area contributed by atoms with Crippen LogP contribution in [0.5, 0.6) is 0 Å². The number of nitro groups is 1. The second kappa shape index (κ2) is 8.38. The molecule has 30 heavy (non-hydrogen) atoms. The zero-order valence-electron chi connectivity index (χ0n) is 17.2. The lowest BCUT2D eigenvalue weighted by atomic mass is 10.0. The van der Waals surface area contributed by atoms with Crippen LogP contribution < -0.4 is 0 Å². The molecule has 0 spiro atoms. The standard InChI is InChI=1S/C23H25N3O4/c1-16(15-24-11-13-30-14-12-24)25-17(2)22(20-5-3-4-6-21(20)25)23(27)18-7-9-19(10-8-18)26(28)29/h3-10,16H,11-15H2,1-2H3. The second-order valence-electron chi connectivity index (χ2n) is 7.74. The summed E-state index contributed by atoms with van der Waals surface area (Å²) in [7, 11) is 0. The Kier molecular flexibility index (Phi) is 5.65. The zero-order valence-corrected chi connectivity index (χ0v) is 17.2. The van der Waals surface area contributed by atoms with Crippen molar-refractivity contribution in [2.45, 2.75) is 19.9 Å². The molecule has 1 fully saturated rings. The molecule has 1 atom stereocenters. The van der Waals surface area contributed by atoms with Crippen molar-refractivity contribution in [3.8, 4) is 0 Å². The van der Waals surface area contributed by atoms with Gasteiger partial charge in [-0.1, -0.05) is 18.2 Å². The predicted octanol–water partition coefficient (Wildman–Crippen LogP) is 3.98. The average molecular weight is 407 g/mol. The lowest BCUT2D eigenvalue weighted by Crippen LogP contribution is -2.39. The second-order valence-corrected chi connectivity index (χ2v) is 7.74. The van der Waals surface area contributed by atoms with Crippen molar-refractivity contribution in [2.75, 3.05) is 32.8 Å². The van der Waals surface area contributed by atoms with E-state index < -0.39 is 4.92 Å². The molecule has 0 N–H and O–H groups in total. The number of hydrogen-bond donors (Lipinski definition) is 0. The van der Waals surface area contributed by atoms with Crippen LogP contribution in [0, 0.1) is 17.0 Å². The summed E-state index contributed by atoms with van der Waals surface area (Å²) in [5, 5.41) is 11.8. The van der Waals surface area contributed by atoms with Crippen LogP contribution in [0.25, 0.3) is 10.9 Å². The lowest BCUT2D eigenvalue weighted by Gasteiger charge is -2.30. The molecular weight excluding hydrogens is 382 g/mol. The van der Waals surface area contributed by atoms with Crippen LogP contribution in [0.2, 0.25) is 0 Å². The van der Waals surface area contributed by atoms with E-state index in [1.807, 2.05) is 31.2 Å². The maximum absolute atomic E-state index is 13.4. The highest BCUT2D eigenvalue weighted by Crippen LogP contribution is 2.31. The summed E-state index contributed by atoms with van der Waals surface area (Å²) in [6, 6.07) is 13.9. The number of rotatable bonds is 6. The molecule has 7 nitrogen and oxygen atoms in total. The number of nitro benzene ring substituents is 1. The molecule has 0 amide bonds. The molecule has 1 saturated heterocycles. The number of carbonyl (C=O) groups is 1. The molecule has 1 aliphatic rings. The molecule has 4 rings (SSSR count). The summed E-state index contributed by atoms with van der Waals surface area (Å²) in [5.74, 6) is -0.115. The van der Waals surface area contributed by atoms with Crippen molar-refractivity contribution in [3.05, 3.63) is 75.5 Å². The number of para-hydroxylation sites is 1. The molecular formula is C23H25N3O4. The maximum atomic E-state index is 13.4. The molecule has 156 valence electrons. The Balaban J connectivity index is 1.72. The number of aromatic nitrogens is 1. The van der Waals surface area contributed by atoms with Crippen molar-refractivity contribution in [2.24, 2.45) is 0 Å². The summed E-state index contributed by atoms with van der Waals surface area (Å²) in [4.78, 5) is 26.2.